The summed E-state index contributed by atoms with van der Waals surface area (Å²) in [5.74, 6) is -0.648. The second-order valence-electron chi connectivity index (χ2n) is 3.03. The van der Waals surface area contributed by atoms with Gasteiger partial charge in [0, 0.05) is 19.4 Å². The van der Waals surface area contributed by atoms with Crippen LogP contribution in [0.1, 0.15) is 0 Å². The molecule has 0 aliphatic carbocycles. The Bertz CT molecular complexity index is 337. The van der Waals surface area contributed by atoms with E-state index in [0.29, 0.717) is 5.69 Å². The van der Waals surface area contributed by atoms with Crippen LogP contribution in [0.25, 0.3) is 0 Å². The molecule has 15 heavy (non-hydrogen) atoms. The lowest BCUT2D eigenvalue weighted by Crippen LogP contribution is -2.35. The molecule has 0 bridgehead atoms. The van der Waals surface area contributed by atoms with Gasteiger partial charge in [-0.1, -0.05) is 0 Å². The van der Waals surface area contributed by atoms with Crippen LogP contribution in [0.4, 0.5) is 5.69 Å². The third kappa shape index (κ3) is 3.63. The summed E-state index contributed by atoms with van der Waals surface area (Å²) >= 11 is 5.35. The van der Waals surface area contributed by atoms with Gasteiger partial charge in [0.2, 0.25) is 11.8 Å². The smallest absolute Gasteiger partial charge is 0.244 e. The number of nitrogens with zero attached hydrogens (tertiary/aromatic N) is 1. The average molecular weight is 230 g/mol. The number of carbonyl (C=O) groups excluding carboxylic acids is 2. The van der Waals surface area contributed by atoms with Gasteiger partial charge in [-0.25, -0.2) is 0 Å². The molecule has 1 rings (SSSR count). The normalized spacial score (nSPS) is 9.73. The van der Waals surface area contributed by atoms with Crippen molar-refractivity contribution < 1.29 is 9.59 Å². The molecule has 1 aromatic heterocycles. The third-order valence-corrected chi connectivity index (χ3v) is 2.03. The molecule has 82 valence electrons. The van der Waals surface area contributed by atoms with E-state index < -0.39 is 0 Å². The second kappa shape index (κ2) is 5.41. The largest absolute Gasteiger partial charge is 0.366 e. The molecule has 2 amide bonds. The number of rotatable bonds is 4. The number of hydrogen-bond acceptors (Lipinski definition) is 2. The SMILES string of the molecule is CN(CC(=O)Nc1cc[nH]c1)C(=O)CCl. The number of aromatic amines is 1. The Morgan fingerprint density at radius 1 is 1.60 bits per heavy atom. The lowest BCUT2D eigenvalue weighted by Gasteiger charge is -2.14. The summed E-state index contributed by atoms with van der Waals surface area (Å²) in [4.78, 5) is 26.5. The van der Waals surface area contributed by atoms with Crippen LogP contribution >= 0.6 is 11.6 Å². The van der Waals surface area contributed by atoms with Crippen LogP contribution in [0.5, 0.6) is 0 Å². The zero-order valence-corrected chi connectivity index (χ0v) is 9.04. The van der Waals surface area contributed by atoms with Crippen molar-refractivity contribution in [3.8, 4) is 0 Å². The molecule has 1 aromatic rings. The summed E-state index contributed by atoms with van der Waals surface area (Å²) in [5, 5.41) is 2.62. The summed E-state index contributed by atoms with van der Waals surface area (Å²) in [6.07, 6.45) is 3.35. The maximum absolute atomic E-state index is 11.4. The van der Waals surface area contributed by atoms with Crippen LogP contribution in [-0.2, 0) is 9.59 Å². The number of hydrogen-bond donors (Lipinski definition) is 2. The molecular formula is C9H12ClN3O2. The first-order valence-corrected chi connectivity index (χ1v) is 4.89. The van der Waals surface area contributed by atoms with Crippen molar-refractivity contribution in [2.45, 2.75) is 0 Å². The van der Waals surface area contributed by atoms with Crippen molar-refractivity contribution in [1.29, 1.82) is 0 Å². The summed E-state index contributed by atoms with van der Waals surface area (Å²) < 4.78 is 0. The Labute approximate surface area is 92.4 Å². The maximum atomic E-state index is 11.4. The number of carbonyl (C=O) groups is 2. The first-order chi connectivity index (χ1) is 7.13. The van der Waals surface area contributed by atoms with Gasteiger partial charge in [-0.15, -0.1) is 11.6 Å². The minimum Gasteiger partial charge on any atom is -0.366 e. The molecule has 0 fully saturated rings. The Morgan fingerprint density at radius 3 is 2.87 bits per heavy atom. The zero-order chi connectivity index (χ0) is 11.3. The van der Waals surface area contributed by atoms with E-state index >= 15 is 0 Å². The van der Waals surface area contributed by atoms with E-state index in [1.165, 1.54) is 11.9 Å². The number of likely N-dealkylation sites (N-methyl/N-ethyl adjacent to an activating group) is 1. The number of aromatic nitrogens is 1. The van der Waals surface area contributed by atoms with E-state index in [0.717, 1.165) is 0 Å². The fourth-order valence-corrected chi connectivity index (χ4v) is 1.21. The summed E-state index contributed by atoms with van der Waals surface area (Å²) in [7, 11) is 1.53. The van der Waals surface area contributed by atoms with E-state index in [9.17, 15) is 9.59 Å². The molecule has 6 heteroatoms. The highest BCUT2D eigenvalue weighted by molar-refractivity contribution is 6.27. The van der Waals surface area contributed by atoms with Gasteiger partial charge in [0.25, 0.3) is 0 Å². The number of nitrogens with one attached hydrogen (secondary N) is 2. The van der Waals surface area contributed by atoms with Crippen molar-refractivity contribution in [2.75, 3.05) is 24.8 Å². The van der Waals surface area contributed by atoms with Gasteiger partial charge >= 0.3 is 0 Å². The van der Waals surface area contributed by atoms with Crippen molar-refractivity contribution in [2.24, 2.45) is 0 Å². The van der Waals surface area contributed by atoms with Crippen LogP contribution in [0.3, 0.4) is 0 Å². The molecule has 0 saturated carbocycles. The van der Waals surface area contributed by atoms with E-state index in [1.54, 1.807) is 18.5 Å². The Kier molecular flexibility index (Phi) is 4.17. The van der Waals surface area contributed by atoms with Crippen LogP contribution in [0, 0.1) is 0 Å². The lowest BCUT2D eigenvalue weighted by molar-refractivity contribution is -0.131. The summed E-state index contributed by atoms with van der Waals surface area (Å²) in [6.45, 7) is -0.00324. The van der Waals surface area contributed by atoms with Crippen LogP contribution in [-0.4, -0.2) is 41.2 Å². The van der Waals surface area contributed by atoms with Crippen LogP contribution in [0.2, 0.25) is 0 Å². The maximum Gasteiger partial charge on any atom is 0.244 e. The molecular weight excluding hydrogens is 218 g/mol. The summed E-state index contributed by atoms with van der Waals surface area (Å²) in [5.41, 5.74) is 0.673. The quantitative estimate of drug-likeness (QED) is 0.745. The van der Waals surface area contributed by atoms with Gasteiger partial charge in [-0.05, 0) is 6.07 Å². The average Bonchev–Trinajstić information content (AvgIpc) is 2.68. The molecule has 0 aromatic carbocycles. The molecule has 2 N–H and O–H groups in total. The fourth-order valence-electron chi connectivity index (χ4n) is 1.01. The molecule has 0 unspecified atom stereocenters. The van der Waals surface area contributed by atoms with Gasteiger partial charge in [0.05, 0.1) is 12.2 Å². The standard InChI is InChI=1S/C9H12ClN3O2/c1-13(9(15)4-10)6-8(14)12-7-2-3-11-5-7/h2-3,5,11H,4,6H2,1H3,(H,12,14). The first-order valence-electron chi connectivity index (χ1n) is 4.36. The third-order valence-electron chi connectivity index (χ3n) is 1.80. The highest BCUT2D eigenvalue weighted by Crippen LogP contribution is 2.03. The molecule has 1 heterocycles. The van der Waals surface area contributed by atoms with Crippen molar-refractivity contribution >= 4 is 29.1 Å². The van der Waals surface area contributed by atoms with Gasteiger partial charge in [0.1, 0.15) is 5.88 Å². The molecule has 0 spiro atoms. The molecule has 0 aliphatic rings. The van der Waals surface area contributed by atoms with Crippen LogP contribution in [0.15, 0.2) is 18.5 Å². The topological polar surface area (TPSA) is 65.2 Å². The minimum absolute atomic E-state index is 0.00324. The lowest BCUT2D eigenvalue weighted by atomic mass is 10.4. The van der Waals surface area contributed by atoms with Crippen molar-refractivity contribution in [1.82, 2.24) is 9.88 Å². The van der Waals surface area contributed by atoms with Gasteiger partial charge in [-0.2, -0.15) is 0 Å². The monoisotopic (exact) mass is 229 g/mol. The van der Waals surface area contributed by atoms with E-state index in [1.807, 2.05) is 0 Å². The van der Waals surface area contributed by atoms with Crippen molar-refractivity contribution in [3.05, 3.63) is 18.5 Å². The molecule has 0 saturated heterocycles. The second-order valence-corrected chi connectivity index (χ2v) is 3.30. The summed E-state index contributed by atoms with van der Waals surface area (Å²) in [6, 6.07) is 1.72. The minimum atomic E-state index is -0.277. The van der Waals surface area contributed by atoms with Crippen LogP contribution < -0.4 is 5.32 Å². The number of H-pyrrole nitrogens is 1. The van der Waals surface area contributed by atoms with E-state index in [2.05, 4.69) is 10.3 Å². The number of amides is 2. The predicted molar refractivity (Wildman–Crippen MR) is 57.8 cm³/mol. The highest BCUT2D eigenvalue weighted by atomic mass is 35.5. The van der Waals surface area contributed by atoms with E-state index in [4.69, 9.17) is 11.6 Å². The molecule has 0 aliphatic heterocycles. The molecule has 0 radical (unpaired) electrons. The number of alkyl halides is 1. The number of anilines is 1. The number of halogens is 1. The predicted octanol–water partition coefficient (Wildman–Crippen LogP) is 0.650. The first kappa shape index (κ1) is 11.6. The van der Waals surface area contributed by atoms with Crippen molar-refractivity contribution in [3.63, 3.8) is 0 Å². The van der Waals surface area contributed by atoms with Gasteiger partial charge in [0.15, 0.2) is 0 Å². The highest BCUT2D eigenvalue weighted by Gasteiger charge is 2.11. The molecule has 5 nitrogen and oxygen atoms in total. The van der Waals surface area contributed by atoms with Gasteiger partial charge < -0.3 is 15.2 Å². The van der Waals surface area contributed by atoms with E-state index in [-0.39, 0.29) is 24.2 Å². The van der Waals surface area contributed by atoms with Gasteiger partial charge in [-0.3, -0.25) is 9.59 Å². The Hall–Kier alpha value is -1.49. The molecule has 0 atom stereocenters. The zero-order valence-electron chi connectivity index (χ0n) is 8.29. The fraction of sp³-hybridized carbons (Fsp3) is 0.333. The Balaban J connectivity index is 2.39. The Morgan fingerprint density at radius 2 is 2.33 bits per heavy atom.